The molecule has 0 spiro atoms. The van der Waals surface area contributed by atoms with Gasteiger partial charge in [0.15, 0.2) is 0 Å². The molecule has 26 heavy (non-hydrogen) atoms. The molecule has 4 N–H and O–H groups in total. The largest absolute Gasteiger partial charge is 0.326 e. The lowest BCUT2D eigenvalue weighted by Crippen LogP contribution is -2.39. The number of hydrogen-bond donors (Lipinski definition) is 4. The van der Waals surface area contributed by atoms with Gasteiger partial charge in [-0.1, -0.05) is 23.7 Å². The molecular formula is C19H19ClN4O2. The third-order valence-corrected chi connectivity index (χ3v) is 4.97. The second-order valence-corrected chi connectivity index (χ2v) is 7.03. The van der Waals surface area contributed by atoms with Gasteiger partial charge in [-0.15, -0.1) is 0 Å². The van der Waals surface area contributed by atoms with Gasteiger partial charge in [-0.05, 0) is 54.3 Å². The zero-order valence-electron chi connectivity index (χ0n) is 14.0. The standard InChI is InChI=1S/C19H19ClN4O2/c20-13-3-1-2-11(8-13)16-10-17(24-23-16)19(26)21-14-5-6-15-12(9-14)4-7-18(25)22-15/h1-3,5-6,8-9,16-17,23-24H,4,7,10H2,(H,21,26)(H,22,25). The summed E-state index contributed by atoms with van der Waals surface area (Å²) >= 11 is 6.04. The Bertz CT molecular complexity index is 870. The van der Waals surface area contributed by atoms with Crippen molar-refractivity contribution in [3.8, 4) is 0 Å². The quantitative estimate of drug-likeness (QED) is 0.669. The molecule has 2 aromatic carbocycles. The molecule has 2 aliphatic heterocycles. The molecule has 7 heteroatoms. The van der Waals surface area contributed by atoms with Crippen molar-refractivity contribution in [3.05, 3.63) is 58.6 Å². The maximum Gasteiger partial charge on any atom is 0.242 e. The number of nitrogens with one attached hydrogen (secondary N) is 4. The molecule has 1 saturated heterocycles. The Balaban J connectivity index is 1.40. The van der Waals surface area contributed by atoms with Crippen LogP contribution >= 0.6 is 11.6 Å². The molecule has 0 aliphatic carbocycles. The first-order chi connectivity index (χ1) is 12.6. The minimum absolute atomic E-state index is 0.0302. The lowest BCUT2D eigenvalue weighted by Gasteiger charge is -2.18. The number of benzene rings is 2. The van der Waals surface area contributed by atoms with Crippen LogP contribution in [-0.2, 0) is 16.0 Å². The number of carbonyl (C=O) groups excluding carboxylic acids is 2. The number of hydrogen-bond acceptors (Lipinski definition) is 4. The highest BCUT2D eigenvalue weighted by atomic mass is 35.5. The van der Waals surface area contributed by atoms with E-state index in [0.717, 1.165) is 22.5 Å². The molecule has 0 saturated carbocycles. The van der Waals surface area contributed by atoms with Crippen molar-refractivity contribution in [1.82, 2.24) is 10.9 Å². The monoisotopic (exact) mass is 370 g/mol. The first-order valence-corrected chi connectivity index (χ1v) is 8.96. The van der Waals surface area contributed by atoms with Crippen molar-refractivity contribution < 1.29 is 9.59 Å². The van der Waals surface area contributed by atoms with Crippen molar-refractivity contribution in [3.63, 3.8) is 0 Å². The van der Waals surface area contributed by atoms with Crippen molar-refractivity contribution >= 4 is 34.8 Å². The fraction of sp³-hybridized carbons (Fsp3) is 0.263. The Hall–Kier alpha value is -2.41. The number of halogens is 1. The summed E-state index contributed by atoms with van der Waals surface area (Å²) in [7, 11) is 0. The molecular weight excluding hydrogens is 352 g/mol. The van der Waals surface area contributed by atoms with Crippen LogP contribution in [0.3, 0.4) is 0 Å². The topological polar surface area (TPSA) is 82.3 Å². The summed E-state index contributed by atoms with van der Waals surface area (Å²) in [5.41, 5.74) is 9.84. The Morgan fingerprint density at radius 2 is 2.00 bits per heavy atom. The van der Waals surface area contributed by atoms with Gasteiger partial charge < -0.3 is 10.6 Å². The number of hydrazine groups is 1. The van der Waals surface area contributed by atoms with E-state index in [9.17, 15) is 9.59 Å². The van der Waals surface area contributed by atoms with E-state index >= 15 is 0 Å². The van der Waals surface area contributed by atoms with E-state index in [1.165, 1.54) is 0 Å². The van der Waals surface area contributed by atoms with Gasteiger partial charge in [0.25, 0.3) is 0 Å². The Morgan fingerprint density at radius 3 is 2.85 bits per heavy atom. The lowest BCUT2D eigenvalue weighted by molar-refractivity contribution is -0.118. The summed E-state index contributed by atoms with van der Waals surface area (Å²) < 4.78 is 0. The van der Waals surface area contributed by atoms with E-state index in [1.807, 2.05) is 36.4 Å². The Morgan fingerprint density at radius 1 is 1.12 bits per heavy atom. The molecule has 4 rings (SSSR count). The highest BCUT2D eigenvalue weighted by molar-refractivity contribution is 6.30. The number of fused-ring (bicyclic) bond motifs is 1. The van der Waals surface area contributed by atoms with Gasteiger partial charge in [0, 0.05) is 28.9 Å². The predicted molar refractivity (Wildman–Crippen MR) is 101 cm³/mol. The van der Waals surface area contributed by atoms with Crippen LogP contribution in [0.2, 0.25) is 5.02 Å². The summed E-state index contributed by atoms with van der Waals surface area (Å²) in [6.45, 7) is 0. The summed E-state index contributed by atoms with van der Waals surface area (Å²) in [5.74, 6) is -0.0654. The number of amides is 2. The van der Waals surface area contributed by atoms with Crippen LogP contribution in [0.15, 0.2) is 42.5 Å². The first kappa shape index (κ1) is 17.0. The molecule has 1 fully saturated rings. The fourth-order valence-corrected chi connectivity index (χ4v) is 3.56. The minimum atomic E-state index is -0.338. The molecule has 2 amide bonds. The normalized spacial score (nSPS) is 21.8. The SMILES string of the molecule is O=C1CCc2cc(NC(=O)C3CC(c4cccc(Cl)c4)NN3)ccc2N1. The molecule has 0 radical (unpaired) electrons. The maximum absolute atomic E-state index is 12.6. The second-order valence-electron chi connectivity index (χ2n) is 6.59. The van der Waals surface area contributed by atoms with Crippen molar-refractivity contribution in [2.45, 2.75) is 31.3 Å². The molecule has 6 nitrogen and oxygen atoms in total. The van der Waals surface area contributed by atoms with Gasteiger partial charge in [-0.3, -0.25) is 9.59 Å². The molecule has 2 atom stereocenters. The molecule has 0 bridgehead atoms. The summed E-state index contributed by atoms with van der Waals surface area (Å²) in [6, 6.07) is 12.9. The van der Waals surface area contributed by atoms with E-state index in [2.05, 4.69) is 21.5 Å². The molecule has 2 heterocycles. The highest BCUT2D eigenvalue weighted by Crippen LogP contribution is 2.27. The van der Waals surface area contributed by atoms with Gasteiger partial charge in [0.2, 0.25) is 11.8 Å². The summed E-state index contributed by atoms with van der Waals surface area (Å²) in [6.07, 6.45) is 1.79. The van der Waals surface area contributed by atoms with Crippen molar-refractivity contribution in [2.75, 3.05) is 10.6 Å². The predicted octanol–water partition coefficient (Wildman–Crippen LogP) is 2.77. The van der Waals surface area contributed by atoms with Crippen LogP contribution in [-0.4, -0.2) is 17.9 Å². The van der Waals surface area contributed by atoms with E-state index in [-0.39, 0.29) is 23.9 Å². The Kier molecular flexibility index (Phi) is 4.63. The van der Waals surface area contributed by atoms with E-state index in [1.54, 1.807) is 6.07 Å². The van der Waals surface area contributed by atoms with Crippen LogP contribution in [0.1, 0.15) is 30.0 Å². The third kappa shape index (κ3) is 3.58. The van der Waals surface area contributed by atoms with Gasteiger partial charge in [0.05, 0.1) is 0 Å². The summed E-state index contributed by atoms with van der Waals surface area (Å²) in [4.78, 5) is 24.0. The summed E-state index contributed by atoms with van der Waals surface area (Å²) in [5, 5.41) is 6.47. The van der Waals surface area contributed by atoms with Crippen molar-refractivity contribution in [1.29, 1.82) is 0 Å². The van der Waals surface area contributed by atoms with Gasteiger partial charge in [0.1, 0.15) is 6.04 Å². The molecule has 2 unspecified atom stereocenters. The zero-order chi connectivity index (χ0) is 18.1. The van der Waals surface area contributed by atoms with E-state index in [0.29, 0.717) is 24.3 Å². The number of rotatable bonds is 3. The van der Waals surface area contributed by atoms with E-state index < -0.39 is 0 Å². The lowest BCUT2D eigenvalue weighted by atomic mass is 10.0. The molecule has 134 valence electrons. The number of aryl methyl sites for hydroxylation is 1. The maximum atomic E-state index is 12.6. The number of anilines is 2. The highest BCUT2D eigenvalue weighted by Gasteiger charge is 2.30. The molecule has 2 aliphatic rings. The average molecular weight is 371 g/mol. The van der Waals surface area contributed by atoms with Crippen LogP contribution < -0.4 is 21.5 Å². The van der Waals surface area contributed by atoms with Crippen LogP contribution in [0.25, 0.3) is 0 Å². The fourth-order valence-electron chi connectivity index (χ4n) is 3.36. The zero-order valence-corrected chi connectivity index (χ0v) is 14.8. The smallest absolute Gasteiger partial charge is 0.242 e. The van der Waals surface area contributed by atoms with Crippen LogP contribution in [0, 0.1) is 0 Å². The Labute approximate surface area is 156 Å². The van der Waals surface area contributed by atoms with Gasteiger partial charge >= 0.3 is 0 Å². The van der Waals surface area contributed by atoms with Crippen molar-refractivity contribution in [2.24, 2.45) is 0 Å². The molecule has 2 aromatic rings. The third-order valence-electron chi connectivity index (χ3n) is 4.74. The van der Waals surface area contributed by atoms with Gasteiger partial charge in [-0.2, -0.15) is 0 Å². The second kappa shape index (κ2) is 7.07. The van der Waals surface area contributed by atoms with Crippen LogP contribution in [0.4, 0.5) is 11.4 Å². The first-order valence-electron chi connectivity index (χ1n) is 8.58. The minimum Gasteiger partial charge on any atom is -0.326 e. The molecule has 0 aromatic heterocycles. The average Bonchev–Trinajstić information content (AvgIpc) is 3.12. The van der Waals surface area contributed by atoms with E-state index in [4.69, 9.17) is 11.6 Å². The van der Waals surface area contributed by atoms with Crippen LogP contribution in [0.5, 0.6) is 0 Å². The number of carbonyl (C=O) groups is 2. The van der Waals surface area contributed by atoms with Gasteiger partial charge in [-0.25, -0.2) is 10.9 Å².